The second kappa shape index (κ2) is 11.6. The molecule has 1 aliphatic rings. The minimum Gasteiger partial charge on any atom is -0.494 e. The summed E-state index contributed by atoms with van der Waals surface area (Å²) in [4.78, 5) is 17.4. The lowest BCUT2D eigenvalue weighted by Gasteiger charge is -2.24. The lowest BCUT2D eigenvalue weighted by molar-refractivity contribution is 0.157. The first-order valence-corrected chi connectivity index (χ1v) is 11.8. The van der Waals surface area contributed by atoms with Gasteiger partial charge in [-0.25, -0.2) is 10.0 Å². The van der Waals surface area contributed by atoms with Gasteiger partial charge in [-0.3, -0.25) is 4.84 Å². The number of anilines is 3. The van der Waals surface area contributed by atoms with E-state index in [-0.39, 0.29) is 6.04 Å². The van der Waals surface area contributed by atoms with Gasteiger partial charge < -0.3 is 15.0 Å². The van der Waals surface area contributed by atoms with Gasteiger partial charge in [0.1, 0.15) is 5.75 Å². The van der Waals surface area contributed by atoms with Crippen LogP contribution in [0.4, 0.5) is 17.5 Å². The molecule has 2 aromatic carbocycles. The first-order valence-electron chi connectivity index (χ1n) is 11.8. The Bertz CT molecular complexity index is 979. The Kier molecular flexibility index (Phi) is 8.11. The lowest BCUT2D eigenvalue weighted by atomic mass is 10.0. The summed E-state index contributed by atoms with van der Waals surface area (Å²) >= 11 is 0. The molecular weight excluding hydrogens is 414 g/mol. The zero-order chi connectivity index (χ0) is 22.9. The second-order valence-corrected chi connectivity index (χ2v) is 7.99. The number of rotatable bonds is 11. The maximum Gasteiger partial charge on any atom is 0.229 e. The summed E-state index contributed by atoms with van der Waals surface area (Å²) in [5, 5.41) is 5.17. The van der Waals surface area contributed by atoms with Gasteiger partial charge in [0.2, 0.25) is 5.95 Å². The van der Waals surface area contributed by atoms with Gasteiger partial charge in [0, 0.05) is 30.9 Å². The topological polar surface area (TPSA) is 62.8 Å². The molecule has 1 N–H and O–H groups in total. The number of benzene rings is 2. The number of aromatic nitrogens is 2. The van der Waals surface area contributed by atoms with Crippen LogP contribution in [-0.2, 0) is 4.84 Å². The average molecular weight is 448 g/mol. The van der Waals surface area contributed by atoms with Crippen LogP contribution >= 0.6 is 0 Å². The summed E-state index contributed by atoms with van der Waals surface area (Å²) in [6.07, 6.45) is 3.69. The third-order valence-electron chi connectivity index (χ3n) is 5.85. The van der Waals surface area contributed by atoms with Crippen molar-refractivity contribution >= 4 is 17.5 Å². The van der Waals surface area contributed by atoms with E-state index < -0.39 is 0 Å². The standard InChI is InChI=1S/C26H33N5O2/c1-3-30(4-2)18-8-19-32-23-13-11-22(12-14-23)28-26-27-17-15-25(29-26)31-24(16-20-33-31)21-9-6-5-7-10-21/h5-7,9-15,17,24H,3-4,8,16,18-20H2,1-2H3,(H,27,28,29)/t24-/m0/s1. The van der Waals surface area contributed by atoms with Gasteiger partial charge in [0.25, 0.3) is 0 Å². The van der Waals surface area contributed by atoms with E-state index in [2.05, 4.69) is 58.3 Å². The summed E-state index contributed by atoms with van der Waals surface area (Å²) in [5.74, 6) is 2.14. The van der Waals surface area contributed by atoms with E-state index in [1.54, 1.807) is 6.20 Å². The number of hydrogen-bond donors (Lipinski definition) is 1. The molecule has 0 aliphatic carbocycles. The van der Waals surface area contributed by atoms with E-state index >= 15 is 0 Å². The molecule has 0 unspecified atom stereocenters. The van der Waals surface area contributed by atoms with Crippen molar-refractivity contribution in [3.63, 3.8) is 0 Å². The molecule has 1 aromatic heterocycles. The minimum absolute atomic E-state index is 0.145. The molecule has 0 amide bonds. The second-order valence-electron chi connectivity index (χ2n) is 7.99. The highest BCUT2D eigenvalue weighted by molar-refractivity contribution is 5.56. The molecule has 33 heavy (non-hydrogen) atoms. The molecule has 1 saturated heterocycles. The van der Waals surface area contributed by atoms with Crippen LogP contribution in [0.3, 0.4) is 0 Å². The molecule has 174 valence electrons. The van der Waals surface area contributed by atoms with E-state index in [9.17, 15) is 0 Å². The highest BCUT2D eigenvalue weighted by Crippen LogP contribution is 2.34. The van der Waals surface area contributed by atoms with Crippen LogP contribution in [0, 0.1) is 0 Å². The molecule has 1 fully saturated rings. The fourth-order valence-corrected chi connectivity index (χ4v) is 3.99. The molecule has 0 saturated carbocycles. The van der Waals surface area contributed by atoms with Crippen LogP contribution in [0.2, 0.25) is 0 Å². The van der Waals surface area contributed by atoms with Crippen molar-refractivity contribution in [2.75, 3.05) is 43.2 Å². The summed E-state index contributed by atoms with van der Waals surface area (Å²) < 4.78 is 5.88. The molecular formula is C26H33N5O2. The molecule has 0 bridgehead atoms. The van der Waals surface area contributed by atoms with Gasteiger partial charge in [-0.15, -0.1) is 0 Å². The van der Waals surface area contributed by atoms with Gasteiger partial charge >= 0.3 is 0 Å². The number of hydrogen-bond acceptors (Lipinski definition) is 7. The molecule has 7 nitrogen and oxygen atoms in total. The van der Waals surface area contributed by atoms with Crippen molar-refractivity contribution in [2.24, 2.45) is 0 Å². The van der Waals surface area contributed by atoms with Crippen molar-refractivity contribution in [3.05, 3.63) is 72.4 Å². The zero-order valence-electron chi connectivity index (χ0n) is 19.5. The van der Waals surface area contributed by atoms with Crippen LogP contribution in [0.15, 0.2) is 66.9 Å². The maximum absolute atomic E-state index is 5.90. The monoisotopic (exact) mass is 447 g/mol. The third kappa shape index (κ3) is 6.21. The van der Waals surface area contributed by atoms with E-state index in [4.69, 9.17) is 9.57 Å². The van der Waals surface area contributed by atoms with Gasteiger partial charge in [-0.2, -0.15) is 4.98 Å². The molecule has 0 spiro atoms. The number of ether oxygens (including phenoxy) is 1. The largest absolute Gasteiger partial charge is 0.494 e. The van der Waals surface area contributed by atoms with Crippen LogP contribution in [-0.4, -0.2) is 47.7 Å². The number of nitrogens with zero attached hydrogens (tertiary/aromatic N) is 4. The number of nitrogens with one attached hydrogen (secondary N) is 1. The molecule has 1 atom stereocenters. The third-order valence-corrected chi connectivity index (χ3v) is 5.85. The molecule has 1 aliphatic heterocycles. The van der Waals surface area contributed by atoms with Crippen LogP contribution in [0.25, 0.3) is 0 Å². The van der Waals surface area contributed by atoms with E-state index in [1.165, 1.54) is 5.56 Å². The Morgan fingerprint density at radius 3 is 2.61 bits per heavy atom. The highest BCUT2D eigenvalue weighted by atomic mass is 16.7. The van der Waals surface area contributed by atoms with Gasteiger partial charge in [0.15, 0.2) is 5.82 Å². The smallest absolute Gasteiger partial charge is 0.229 e. The Hall–Kier alpha value is -3.16. The molecule has 2 heterocycles. The highest BCUT2D eigenvalue weighted by Gasteiger charge is 2.28. The van der Waals surface area contributed by atoms with Crippen molar-refractivity contribution < 1.29 is 9.57 Å². The summed E-state index contributed by atoms with van der Waals surface area (Å²) in [7, 11) is 0. The molecule has 4 rings (SSSR count). The average Bonchev–Trinajstić information content (AvgIpc) is 3.36. The van der Waals surface area contributed by atoms with E-state index in [1.807, 2.05) is 41.5 Å². The van der Waals surface area contributed by atoms with Gasteiger partial charge in [-0.1, -0.05) is 44.2 Å². The first kappa shape index (κ1) is 23.0. The predicted molar refractivity (Wildman–Crippen MR) is 132 cm³/mol. The van der Waals surface area contributed by atoms with E-state index in [0.29, 0.717) is 19.2 Å². The summed E-state index contributed by atoms with van der Waals surface area (Å²) in [5.41, 5.74) is 2.13. The van der Waals surface area contributed by atoms with Crippen molar-refractivity contribution in [3.8, 4) is 5.75 Å². The minimum atomic E-state index is 0.145. The molecule has 0 radical (unpaired) electrons. The van der Waals surface area contributed by atoms with Crippen molar-refractivity contribution in [1.82, 2.24) is 14.9 Å². The fraction of sp³-hybridized carbons (Fsp3) is 0.385. The van der Waals surface area contributed by atoms with Gasteiger partial charge in [-0.05, 0) is 49.3 Å². The molecule has 7 heteroatoms. The Morgan fingerprint density at radius 1 is 1.06 bits per heavy atom. The van der Waals surface area contributed by atoms with Crippen molar-refractivity contribution in [2.45, 2.75) is 32.7 Å². The summed E-state index contributed by atoms with van der Waals surface area (Å²) in [6.45, 7) is 8.99. The van der Waals surface area contributed by atoms with Crippen LogP contribution < -0.4 is 15.1 Å². The van der Waals surface area contributed by atoms with Gasteiger partial charge in [0.05, 0.1) is 19.3 Å². The first-order chi connectivity index (χ1) is 16.3. The predicted octanol–water partition coefficient (Wildman–Crippen LogP) is 5.21. The van der Waals surface area contributed by atoms with Crippen LogP contribution in [0.1, 0.15) is 38.3 Å². The Balaban J connectivity index is 1.34. The lowest BCUT2D eigenvalue weighted by Crippen LogP contribution is -2.25. The quantitative estimate of drug-likeness (QED) is 0.405. The summed E-state index contributed by atoms with van der Waals surface area (Å²) in [6, 6.07) is 20.3. The molecule has 3 aromatic rings. The SMILES string of the molecule is CCN(CC)CCCOc1ccc(Nc2nccc(N3OCC[C@H]3c3ccccc3)n2)cc1. The Labute approximate surface area is 196 Å². The number of hydroxylamine groups is 1. The maximum atomic E-state index is 5.90. The Morgan fingerprint density at radius 2 is 1.85 bits per heavy atom. The van der Waals surface area contributed by atoms with Crippen LogP contribution in [0.5, 0.6) is 5.75 Å². The van der Waals surface area contributed by atoms with E-state index in [0.717, 1.165) is 49.7 Å². The fourth-order valence-electron chi connectivity index (χ4n) is 3.99. The normalized spacial score (nSPS) is 15.7. The zero-order valence-corrected chi connectivity index (χ0v) is 19.5. The van der Waals surface area contributed by atoms with Crippen molar-refractivity contribution in [1.29, 1.82) is 0 Å².